The molecule has 0 saturated carbocycles. The maximum absolute atomic E-state index is 9.92. The zero-order valence-electron chi connectivity index (χ0n) is 11.9. The van der Waals surface area contributed by atoms with Gasteiger partial charge in [-0.15, -0.1) is 0 Å². The number of amides is 1. The zero-order chi connectivity index (χ0) is 13.3. The molecule has 1 unspecified atom stereocenters. The first-order valence-corrected chi connectivity index (χ1v) is 7.99. The van der Waals surface area contributed by atoms with Gasteiger partial charge in [0, 0.05) is 5.92 Å². The van der Waals surface area contributed by atoms with Crippen molar-refractivity contribution in [2.45, 2.75) is 53.4 Å². The smallest absolute Gasteiger partial charge is 0.219 e. The van der Waals surface area contributed by atoms with E-state index in [0.717, 1.165) is 11.8 Å². The number of rotatable bonds is 4. The fourth-order valence-electron chi connectivity index (χ4n) is 1.72. The van der Waals surface area contributed by atoms with Crippen LogP contribution in [0.4, 0.5) is 0 Å². The van der Waals surface area contributed by atoms with E-state index in [4.69, 9.17) is 5.73 Å². The summed E-state index contributed by atoms with van der Waals surface area (Å²) in [6, 6.07) is 0. The van der Waals surface area contributed by atoms with Crippen LogP contribution < -0.4 is 5.73 Å². The van der Waals surface area contributed by atoms with Crippen LogP contribution in [0.1, 0.15) is 53.4 Å². The third-order valence-corrected chi connectivity index (χ3v) is 4.39. The first-order valence-electron chi connectivity index (χ1n) is 6.84. The lowest BCUT2D eigenvalue weighted by molar-refractivity contribution is -0.120. The van der Waals surface area contributed by atoms with Crippen LogP contribution in [0.25, 0.3) is 0 Å². The fraction of sp³-hybridized carbons (Fsp3) is 0.929. The van der Waals surface area contributed by atoms with Crippen LogP contribution in [0.3, 0.4) is 0 Å². The van der Waals surface area contributed by atoms with Crippen LogP contribution in [0.15, 0.2) is 0 Å². The van der Waals surface area contributed by atoms with Crippen LogP contribution in [0.2, 0.25) is 0 Å². The molecule has 1 aliphatic rings. The Labute approximate surface area is 111 Å². The number of primary amides is 1. The second-order valence-electron chi connectivity index (χ2n) is 5.36. The Hall–Kier alpha value is -0.180. The van der Waals surface area contributed by atoms with Gasteiger partial charge in [-0.2, -0.15) is 11.8 Å². The minimum absolute atomic E-state index is 0.00926. The van der Waals surface area contributed by atoms with Gasteiger partial charge in [0.1, 0.15) is 0 Å². The molecule has 1 rings (SSSR count). The van der Waals surface area contributed by atoms with E-state index in [2.05, 4.69) is 25.6 Å². The third kappa shape index (κ3) is 9.51. The molecule has 1 amide bonds. The van der Waals surface area contributed by atoms with Crippen molar-refractivity contribution >= 4 is 17.7 Å². The van der Waals surface area contributed by atoms with Gasteiger partial charge in [0.25, 0.3) is 0 Å². The Morgan fingerprint density at radius 2 is 1.76 bits per heavy atom. The number of carbonyl (C=O) groups is 1. The Kier molecular flexibility index (Phi) is 9.71. The molecule has 0 aromatic rings. The summed E-state index contributed by atoms with van der Waals surface area (Å²) in [6.07, 6.45) is 5.81. The minimum Gasteiger partial charge on any atom is -0.369 e. The van der Waals surface area contributed by atoms with Gasteiger partial charge in [-0.25, -0.2) is 0 Å². The lowest BCUT2D eigenvalue weighted by Crippen LogP contribution is -2.17. The van der Waals surface area contributed by atoms with Crippen molar-refractivity contribution in [3.05, 3.63) is 0 Å². The van der Waals surface area contributed by atoms with E-state index < -0.39 is 0 Å². The largest absolute Gasteiger partial charge is 0.369 e. The average molecular weight is 259 g/mol. The van der Waals surface area contributed by atoms with Crippen molar-refractivity contribution < 1.29 is 4.79 Å². The Balaban J connectivity index is 0.000000366. The maximum atomic E-state index is 9.92. The Bertz CT molecular complexity index is 200. The highest BCUT2D eigenvalue weighted by molar-refractivity contribution is 7.99. The van der Waals surface area contributed by atoms with E-state index >= 15 is 0 Å². The van der Waals surface area contributed by atoms with Gasteiger partial charge in [0.2, 0.25) is 5.91 Å². The number of thioether (sulfide) groups is 1. The molecule has 0 spiro atoms. The van der Waals surface area contributed by atoms with Gasteiger partial charge in [-0.1, -0.05) is 34.1 Å². The second kappa shape index (κ2) is 9.81. The second-order valence-corrected chi connectivity index (χ2v) is 6.59. The molecule has 2 N–H and O–H groups in total. The monoisotopic (exact) mass is 259 g/mol. The summed E-state index contributed by atoms with van der Waals surface area (Å²) in [7, 11) is 0. The molecule has 3 heteroatoms. The highest BCUT2D eigenvalue weighted by atomic mass is 32.2. The van der Waals surface area contributed by atoms with E-state index in [-0.39, 0.29) is 11.8 Å². The summed E-state index contributed by atoms with van der Waals surface area (Å²) in [5.74, 6) is 4.61. The molecular weight excluding hydrogens is 230 g/mol. The highest BCUT2D eigenvalue weighted by Crippen LogP contribution is 2.28. The predicted octanol–water partition coefficient (Wildman–Crippen LogP) is 3.69. The zero-order valence-corrected chi connectivity index (χ0v) is 12.7. The first kappa shape index (κ1) is 16.8. The molecule has 2 nitrogen and oxygen atoms in total. The molecule has 0 aliphatic carbocycles. The number of hydrogen-bond donors (Lipinski definition) is 1. The molecule has 102 valence electrons. The number of nitrogens with two attached hydrogens (primary N) is 1. The van der Waals surface area contributed by atoms with E-state index in [1.54, 1.807) is 13.8 Å². The van der Waals surface area contributed by atoms with Crippen molar-refractivity contribution in [3.8, 4) is 0 Å². The van der Waals surface area contributed by atoms with Crippen LogP contribution in [-0.2, 0) is 4.79 Å². The van der Waals surface area contributed by atoms with Gasteiger partial charge in [0.05, 0.1) is 0 Å². The highest BCUT2D eigenvalue weighted by Gasteiger charge is 2.15. The summed E-state index contributed by atoms with van der Waals surface area (Å²) in [4.78, 5) is 9.92. The minimum atomic E-state index is -0.241. The van der Waals surface area contributed by atoms with Crippen molar-refractivity contribution in [1.29, 1.82) is 0 Å². The molecule has 1 heterocycles. The average Bonchev–Trinajstić information content (AvgIpc) is 2.31. The third-order valence-electron chi connectivity index (χ3n) is 3.34. The van der Waals surface area contributed by atoms with Crippen molar-refractivity contribution in [1.82, 2.24) is 0 Å². The lowest BCUT2D eigenvalue weighted by Gasteiger charge is -2.23. The summed E-state index contributed by atoms with van der Waals surface area (Å²) >= 11 is 2.13. The molecule has 0 radical (unpaired) electrons. The van der Waals surface area contributed by atoms with Crippen LogP contribution in [-0.4, -0.2) is 17.4 Å². The number of hydrogen-bond acceptors (Lipinski definition) is 2. The quantitative estimate of drug-likeness (QED) is 0.836. The topological polar surface area (TPSA) is 43.1 Å². The lowest BCUT2D eigenvalue weighted by atomic mass is 9.90. The molecule has 17 heavy (non-hydrogen) atoms. The molecule has 0 aromatic carbocycles. The molecule has 0 bridgehead atoms. The SMILES string of the molecule is CC(C)C(N)=O.CCC(C)CC1CCSCC1. The van der Waals surface area contributed by atoms with Crippen molar-refractivity contribution in [2.75, 3.05) is 11.5 Å². The molecular formula is C14H29NOS. The molecule has 1 atom stereocenters. The van der Waals surface area contributed by atoms with Crippen molar-refractivity contribution in [3.63, 3.8) is 0 Å². The van der Waals surface area contributed by atoms with E-state index in [1.807, 2.05) is 0 Å². The molecule has 1 fully saturated rings. The Morgan fingerprint density at radius 1 is 1.29 bits per heavy atom. The van der Waals surface area contributed by atoms with Crippen molar-refractivity contribution in [2.24, 2.45) is 23.5 Å². The van der Waals surface area contributed by atoms with Gasteiger partial charge in [0.15, 0.2) is 0 Å². The Morgan fingerprint density at radius 3 is 2.12 bits per heavy atom. The normalized spacial score (nSPS) is 18.4. The summed E-state index contributed by atoms with van der Waals surface area (Å²) in [6.45, 7) is 8.23. The van der Waals surface area contributed by atoms with Crippen LogP contribution >= 0.6 is 11.8 Å². The predicted molar refractivity (Wildman–Crippen MR) is 78.2 cm³/mol. The maximum Gasteiger partial charge on any atom is 0.219 e. The van der Waals surface area contributed by atoms with E-state index in [1.165, 1.54) is 37.2 Å². The molecule has 0 aromatic heterocycles. The van der Waals surface area contributed by atoms with Gasteiger partial charge < -0.3 is 5.73 Å². The van der Waals surface area contributed by atoms with Gasteiger partial charge in [-0.05, 0) is 42.6 Å². The standard InChI is InChI=1S/C10H20S.C4H9NO/c1-3-9(2)8-10-4-6-11-7-5-10;1-3(2)4(5)6/h9-10H,3-8H2,1-2H3;3H,1-2H3,(H2,5,6). The van der Waals surface area contributed by atoms with E-state index in [9.17, 15) is 4.79 Å². The van der Waals surface area contributed by atoms with Gasteiger partial charge >= 0.3 is 0 Å². The molecule has 1 saturated heterocycles. The molecule has 1 aliphatic heterocycles. The number of carbonyl (C=O) groups excluding carboxylic acids is 1. The first-order chi connectivity index (χ1) is 7.97. The fourth-order valence-corrected chi connectivity index (χ4v) is 2.92. The summed E-state index contributed by atoms with van der Waals surface area (Å²) < 4.78 is 0. The summed E-state index contributed by atoms with van der Waals surface area (Å²) in [5, 5.41) is 0. The summed E-state index contributed by atoms with van der Waals surface area (Å²) in [5.41, 5.74) is 4.80. The van der Waals surface area contributed by atoms with E-state index in [0.29, 0.717) is 0 Å². The van der Waals surface area contributed by atoms with Gasteiger partial charge in [-0.3, -0.25) is 4.79 Å². The van der Waals surface area contributed by atoms with Crippen LogP contribution in [0.5, 0.6) is 0 Å². The van der Waals surface area contributed by atoms with Crippen LogP contribution in [0, 0.1) is 17.8 Å².